The molecule has 41 heavy (non-hydrogen) atoms. The molecule has 0 radical (unpaired) electrons. The second kappa shape index (κ2) is 10.8. The van der Waals surface area contributed by atoms with Crippen LogP contribution in [-0.4, -0.2) is 71.4 Å². The van der Waals surface area contributed by atoms with E-state index in [2.05, 4.69) is 10.2 Å². The minimum atomic E-state index is -3.87. The fourth-order valence-corrected chi connectivity index (χ4v) is 5.32. The van der Waals surface area contributed by atoms with Gasteiger partial charge >= 0.3 is 0 Å². The Labute approximate surface area is 238 Å². The monoisotopic (exact) mass is 573 g/mol. The molecule has 10 nitrogen and oxygen atoms in total. The Morgan fingerprint density at radius 3 is 2.20 bits per heavy atom. The maximum atomic E-state index is 13.6. The summed E-state index contributed by atoms with van der Waals surface area (Å²) in [6.45, 7) is 6.46. The number of carbonyl (C=O) groups excluding carboxylic acids is 2. The van der Waals surface area contributed by atoms with Crippen molar-refractivity contribution < 1.29 is 23.1 Å². The number of hydrogen-bond donors (Lipinski definition) is 2. The molecule has 212 valence electrons. The van der Waals surface area contributed by atoms with Gasteiger partial charge in [-0.05, 0) is 73.0 Å². The lowest BCUT2D eigenvalue weighted by Crippen LogP contribution is -2.49. The first-order valence-electron chi connectivity index (χ1n) is 13.2. The van der Waals surface area contributed by atoms with Crippen LogP contribution in [-0.2, 0) is 10.0 Å². The number of rotatable bonds is 5. The quantitative estimate of drug-likeness (QED) is 0.368. The zero-order valence-corrected chi connectivity index (χ0v) is 23.9. The lowest BCUT2D eigenvalue weighted by molar-refractivity contribution is 0.0748. The van der Waals surface area contributed by atoms with Gasteiger partial charge in [-0.25, -0.2) is 13.1 Å². The van der Waals surface area contributed by atoms with Gasteiger partial charge in [-0.3, -0.25) is 9.59 Å². The molecule has 1 aromatic heterocycles. The van der Waals surface area contributed by atoms with Crippen molar-refractivity contribution >= 4 is 38.4 Å². The molecule has 2 heterocycles. The molecule has 4 aromatic rings. The van der Waals surface area contributed by atoms with E-state index in [1.807, 2.05) is 52.1 Å². The number of aromatic hydroxyl groups is 1. The van der Waals surface area contributed by atoms with E-state index in [-0.39, 0.29) is 17.4 Å². The minimum Gasteiger partial charge on any atom is -0.508 e. The van der Waals surface area contributed by atoms with Crippen LogP contribution < -0.4 is 9.62 Å². The molecular weight excluding hydrogens is 542 g/mol. The van der Waals surface area contributed by atoms with Gasteiger partial charge in [0.2, 0.25) is 10.0 Å². The fraction of sp³-hybridized carbons (Fsp3) is 0.267. The van der Waals surface area contributed by atoms with E-state index in [9.17, 15) is 23.1 Å². The highest BCUT2D eigenvalue weighted by atomic mass is 32.2. The van der Waals surface area contributed by atoms with Crippen molar-refractivity contribution in [3.8, 4) is 16.9 Å². The van der Waals surface area contributed by atoms with Crippen molar-refractivity contribution in [2.75, 3.05) is 31.1 Å². The van der Waals surface area contributed by atoms with Crippen molar-refractivity contribution in [1.82, 2.24) is 19.8 Å². The molecule has 2 amide bonds. The van der Waals surface area contributed by atoms with E-state index < -0.39 is 20.7 Å². The van der Waals surface area contributed by atoms with Gasteiger partial charge < -0.3 is 14.9 Å². The van der Waals surface area contributed by atoms with Crippen molar-refractivity contribution in [3.63, 3.8) is 0 Å². The summed E-state index contributed by atoms with van der Waals surface area (Å²) in [4.78, 5) is 29.8. The van der Waals surface area contributed by atoms with Crippen LogP contribution in [0.1, 0.15) is 41.6 Å². The zero-order chi connectivity index (χ0) is 29.4. The highest BCUT2D eigenvalue weighted by molar-refractivity contribution is 7.91. The average Bonchev–Trinajstić information content (AvgIpc) is 2.95. The number of amides is 2. The van der Waals surface area contributed by atoms with E-state index in [0.717, 1.165) is 21.9 Å². The fourth-order valence-electron chi connectivity index (χ4n) is 4.66. The predicted octanol–water partition coefficient (Wildman–Crippen LogP) is 3.82. The van der Waals surface area contributed by atoms with Crippen molar-refractivity contribution in [3.05, 3.63) is 84.1 Å². The highest BCUT2D eigenvalue weighted by Gasteiger charge is 2.31. The molecule has 0 saturated carbocycles. The summed E-state index contributed by atoms with van der Waals surface area (Å²) in [5.41, 5.74) is 2.31. The average molecular weight is 574 g/mol. The second-order valence-corrected chi connectivity index (χ2v) is 13.3. The molecular formula is C30H31N5O5S. The third-order valence-electron chi connectivity index (χ3n) is 7.12. The summed E-state index contributed by atoms with van der Waals surface area (Å²) in [5, 5.41) is 19.8. The third-order valence-corrected chi connectivity index (χ3v) is 9.19. The molecule has 1 fully saturated rings. The number of nitrogens with one attached hydrogen (secondary N) is 1. The second-order valence-electron chi connectivity index (χ2n) is 10.9. The lowest BCUT2D eigenvalue weighted by atomic mass is 9.94. The number of hydrogen-bond acceptors (Lipinski definition) is 8. The number of anilines is 1. The molecule has 0 aliphatic carbocycles. The number of benzene rings is 3. The Balaban J connectivity index is 1.28. The molecule has 0 bridgehead atoms. The number of sulfonamides is 1. The predicted molar refractivity (Wildman–Crippen MR) is 157 cm³/mol. The van der Waals surface area contributed by atoms with Gasteiger partial charge in [-0.15, -0.1) is 10.2 Å². The van der Waals surface area contributed by atoms with E-state index in [4.69, 9.17) is 0 Å². The van der Waals surface area contributed by atoms with Crippen LogP contribution in [0.25, 0.3) is 21.9 Å². The number of fused-ring (bicyclic) bond motifs is 1. The van der Waals surface area contributed by atoms with E-state index in [1.54, 1.807) is 29.2 Å². The molecule has 5 rings (SSSR count). The van der Waals surface area contributed by atoms with Crippen LogP contribution in [0.3, 0.4) is 0 Å². The van der Waals surface area contributed by atoms with Gasteiger partial charge in [-0.1, -0.05) is 42.5 Å². The molecule has 0 atom stereocenters. The number of piperazine rings is 1. The highest BCUT2D eigenvalue weighted by Crippen LogP contribution is 2.33. The Kier molecular flexibility index (Phi) is 7.39. The van der Waals surface area contributed by atoms with Crippen molar-refractivity contribution in [2.45, 2.75) is 25.5 Å². The Morgan fingerprint density at radius 1 is 0.854 bits per heavy atom. The van der Waals surface area contributed by atoms with Gasteiger partial charge in [0.15, 0.2) is 11.5 Å². The summed E-state index contributed by atoms with van der Waals surface area (Å²) < 4.78 is 25.4. The van der Waals surface area contributed by atoms with Crippen LogP contribution in [0, 0.1) is 0 Å². The first-order valence-corrected chi connectivity index (χ1v) is 14.7. The number of phenols is 1. The molecule has 3 aromatic carbocycles. The standard InChI is InChI=1S/C30H31N5O5S/c1-30(2,3)41(39,40)33-28(37)26-13-14-27(32-31-26)34-15-17-35(18-16-34)29(38)25-12-11-22(20-7-6-8-21(36)19-20)23-9-4-5-10-24(23)25/h4-14,19,36H,15-18H2,1-3H3,(H,33,37). The third kappa shape index (κ3) is 5.71. The molecule has 1 saturated heterocycles. The van der Waals surface area contributed by atoms with Gasteiger partial charge in [0.1, 0.15) is 5.75 Å². The zero-order valence-electron chi connectivity index (χ0n) is 23.0. The normalized spacial score (nSPS) is 14.2. The molecule has 11 heteroatoms. The number of phenolic OH excluding ortho intramolecular Hbond substituents is 1. The van der Waals surface area contributed by atoms with E-state index >= 15 is 0 Å². The summed E-state index contributed by atoms with van der Waals surface area (Å²) in [6.07, 6.45) is 0. The number of nitrogens with zero attached hydrogens (tertiary/aromatic N) is 4. The summed E-state index contributed by atoms with van der Waals surface area (Å²) >= 11 is 0. The number of aromatic nitrogens is 2. The maximum absolute atomic E-state index is 13.6. The Bertz CT molecular complexity index is 1720. The topological polar surface area (TPSA) is 133 Å². The molecule has 1 aliphatic heterocycles. The van der Waals surface area contributed by atoms with Gasteiger partial charge in [0.05, 0.1) is 4.75 Å². The van der Waals surface area contributed by atoms with Crippen molar-refractivity contribution in [2.24, 2.45) is 0 Å². The lowest BCUT2D eigenvalue weighted by Gasteiger charge is -2.35. The first kappa shape index (κ1) is 28.0. The summed E-state index contributed by atoms with van der Waals surface area (Å²) in [6, 6.07) is 21.6. The Morgan fingerprint density at radius 2 is 1.56 bits per heavy atom. The van der Waals surface area contributed by atoms with Crippen LogP contribution in [0.5, 0.6) is 5.75 Å². The van der Waals surface area contributed by atoms with E-state index in [0.29, 0.717) is 37.6 Å². The molecule has 1 aliphatic rings. The summed E-state index contributed by atoms with van der Waals surface area (Å²) in [5.74, 6) is -0.188. The van der Waals surface area contributed by atoms with Crippen LogP contribution in [0.4, 0.5) is 5.82 Å². The summed E-state index contributed by atoms with van der Waals surface area (Å²) in [7, 11) is -3.87. The van der Waals surface area contributed by atoms with Gasteiger partial charge in [0.25, 0.3) is 11.8 Å². The SMILES string of the molecule is CC(C)(C)S(=O)(=O)NC(=O)c1ccc(N2CCN(C(=O)c3ccc(-c4cccc(O)c4)c4ccccc34)CC2)nn1. The smallest absolute Gasteiger partial charge is 0.285 e. The van der Waals surface area contributed by atoms with Crippen LogP contribution in [0.2, 0.25) is 0 Å². The Hall–Kier alpha value is -4.51. The van der Waals surface area contributed by atoms with Crippen LogP contribution in [0.15, 0.2) is 72.8 Å². The van der Waals surface area contributed by atoms with Gasteiger partial charge in [-0.2, -0.15) is 0 Å². The van der Waals surface area contributed by atoms with Crippen LogP contribution >= 0.6 is 0 Å². The molecule has 0 spiro atoms. The minimum absolute atomic E-state index is 0.0681. The largest absolute Gasteiger partial charge is 0.508 e. The molecule has 2 N–H and O–H groups in total. The van der Waals surface area contributed by atoms with Crippen molar-refractivity contribution in [1.29, 1.82) is 0 Å². The van der Waals surface area contributed by atoms with Gasteiger partial charge in [0, 0.05) is 31.7 Å². The maximum Gasteiger partial charge on any atom is 0.285 e. The number of carbonyl (C=O) groups is 2. The first-order chi connectivity index (χ1) is 19.4. The van der Waals surface area contributed by atoms with E-state index in [1.165, 1.54) is 26.8 Å². The molecule has 0 unspecified atom stereocenters.